The third-order valence-electron chi connectivity index (χ3n) is 3.76. The van der Waals surface area contributed by atoms with Crippen molar-refractivity contribution in [3.63, 3.8) is 0 Å². The Bertz CT molecular complexity index is 805. The molecule has 0 radical (unpaired) electrons. The fourth-order valence-electron chi connectivity index (χ4n) is 2.53. The van der Waals surface area contributed by atoms with E-state index in [-0.39, 0.29) is 11.1 Å². The number of Topliss-reactive ketones (excluding diaryl/α,β-unsaturated/α-hetero) is 1. The molecule has 0 aliphatic rings. The van der Waals surface area contributed by atoms with E-state index in [0.717, 1.165) is 18.8 Å². The first-order chi connectivity index (χ1) is 10.7. The van der Waals surface area contributed by atoms with E-state index in [9.17, 15) is 22.8 Å². The fourth-order valence-corrected chi connectivity index (χ4v) is 2.53. The van der Waals surface area contributed by atoms with E-state index in [1.165, 1.54) is 6.92 Å². The van der Waals surface area contributed by atoms with Crippen LogP contribution in [0, 0.1) is 6.92 Å². The van der Waals surface area contributed by atoms with E-state index in [4.69, 9.17) is 4.42 Å². The minimum Gasteiger partial charge on any atom is -0.422 e. The van der Waals surface area contributed by atoms with Crippen molar-refractivity contribution in [3.05, 3.63) is 39.7 Å². The third-order valence-corrected chi connectivity index (χ3v) is 3.76. The minimum atomic E-state index is -5.12. The van der Waals surface area contributed by atoms with Crippen LogP contribution in [0.5, 0.6) is 0 Å². The normalized spacial score (nSPS) is 11.7. The molecular weight excluding hydrogens is 311 g/mol. The van der Waals surface area contributed by atoms with E-state index in [0.29, 0.717) is 5.39 Å². The third kappa shape index (κ3) is 3.09. The van der Waals surface area contributed by atoms with Crippen molar-refractivity contribution in [1.29, 1.82) is 0 Å². The number of aryl methyl sites for hydroxylation is 1. The van der Waals surface area contributed by atoms with E-state index < -0.39 is 23.1 Å². The SMILES string of the molecule is CCN(CC)c1ccc2c(C)c(C(=O)C(F)(F)F)c(=O)oc2c1. The molecule has 2 aromatic rings. The van der Waals surface area contributed by atoms with Gasteiger partial charge in [-0.05, 0) is 38.5 Å². The van der Waals surface area contributed by atoms with Crippen LogP contribution in [0.4, 0.5) is 18.9 Å². The van der Waals surface area contributed by atoms with Crippen molar-refractivity contribution in [3.8, 4) is 0 Å². The van der Waals surface area contributed by atoms with Crippen LogP contribution in [-0.4, -0.2) is 25.0 Å². The van der Waals surface area contributed by atoms with E-state index in [1.807, 2.05) is 18.7 Å². The summed E-state index contributed by atoms with van der Waals surface area (Å²) in [4.78, 5) is 25.3. The lowest BCUT2D eigenvalue weighted by atomic mass is 10.0. The van der Waals surface area contributed by atoms with Crippen LogP contribution in [0.1, 0.15) is 29.8 Å². The molecule has 0 saturated heterocycles. The van der Waals surface area contributed by atoms with Crippen molar-refractivity contribution in [2.75, 3.05) is 18.0 Å². The summed E-state index contributed by atoms with van der Waals surface area (Å²) >= 11 is 0. The average Bonchev–Trinajstić information content (AvgIpc) is 2.47. The van der Waals surface area contributed by atoms with Crippen LogP contribution >= 0.6 is 0 Å². The highest BCUT2D eigenvalue weighted by molar-refractivity contribution is 6.04. The lowest BCUT2D eigenvalue weighted by Gasteiger charge is -2.21. The second kappa shape index (κ2) is 6.06. The van der Waals surface area contributed by atoms with Crippen molar-refractivity contribution < 1.29 is 22.4 Å². The molecule has 0 saturated carbocycles. The summed E-state index contributed by atoms with van der Waals surface area (Å²) in [5.74, 6) is -2.18. The van der Waals surface area contributed by atoms with Gasteiger partial charge in [0.2, 0.25) is 0 Å². The largest absolute Gasteiger partial charge is 0.455 e. The van der Waals surface area contributed by atoms with Gasteiger partial charge in [-0.25, -0.2) is 4.79 Å². The summed E-state index contributed by atoms with van der Waals surface area (Å²) in [6.07, 6.45) is -5.12. The molecule has 1 aromatic carbocycles. The zero-order valence-corrected chi connectivity index (χ0v) is 13.0. The number of halogens is 3. The molecule has 0 bridgehead atoms. The Morgan fingerprint density at radius 1 is 1.22 bits per heavy atom. The molecule has 0 N–H and O–H groups in total. The number of alkyl halides is 3. The molecule has 7 heteroatoms. The van der Waals surface area contributed by atoms with Crippen molar-refractivity contribution in [2.45, 2.75) is 26.9 Å². The van der Waals surface area contributed by atoms with Gasteiger partial charge in [0.25, 0.3) is 5.78 Å². The predicted octanol–water partition coefficient (Wildman–Crippen LogP) is 3.69. The number of ketones is 1. The Hall–Kier alpha value is -2.31. The molecule has 0 fully saturated rings. The number of carbonyl (C=O) groups is 1. The molecule has 0 spiro atoms. The van der Waals surface area contributed by atoms with Crippen LogP contribution in [0.2, 0.25) is 0 Å². The molecule has 4 nitrogen and oxygen atoms in total. The topological polar surface area (TPSA) is 50.5 Å². The second-order valence-electron chi connectivity index (χ2n) is 5.07. The highest BCUT2D eigenvalue weighted by Gasteiger charge is 2.42. The highest BCUT2D eigenvalue weighted by atomic mass is 19.4. The Kier molecular flexibility index (Phi) is 4.49. The van der Waals surface area contributed by atoms with Gasteiger partial charge in [0.1, 0.15) is 11.1 Å². The molecule has 0 aliphatic carbocycles. The summed E-state index contributed by atoms with van der Waals surface area (Å²) in [5, 5.41) is 0.313. The molecule has 1 heterocycles. The summed E-state index contributed by atoms with van der Waals surface area (Å²) in [5.41, 5.74) is -1.30. The maximum atomic E-state index is 12.6. The molecule has 0 unspecified atom stereocenters. The zero-order valence-electron chi connectivity index (χ0n) is 13.0. The van der Waals surface area contributed by atoms with Crippen LogP contribution in [-0.2, 0) is 0 Å². The molecule has 0 atom stereocenters. The van der Waals surface area contributed by atoms with Gasteiger partial charge >= 0.3 is 11.8 Å². The first-order valence-electron chi connectivity index (χ1n) is 7.14. The van der Waals surface area contributed by atoms with Gasteiger partial charge in [0.05, 0.1) is 0 Å². The van der Waals surface area contributed by atoms with Crippen LogP contribution in [0.3, 0.4) is 0 Å². The van der Waals surface area contributed by atoms with Gasteiger partial charge in [-0.15, -0.1) is 0 Å². The number of fused-ring (bicyclic) bond motifs is 1. The monoisotopic (exact) mass is 327 g/mol. The summed E-state index contributed by atoms with van der Waals surface area (Å²) < 4.78 is 42.8. The van der Waals surface area contributed by atoms with E-state index in [1.54, 1.807) is 18.2 Å². The maximum absolute atomic E-state index is 12.6. The molecule has 2 rings (SSSR count). The lowest BCUT2D eigenvalue weighted by Crippen LogP contribution is -2.29. The number of nitrogens with zero attached hydrogens (tertiary/aromatic N) is 1. The van der Waals surface area contributed by atoms with Gasteiger partial charge in [0, 0.05) is 30.2 Å². The molecule has 124 valence electrons. The molecule has 1 aromatic heterocycles. The van der Waals surface area contributed by atoms with Gasteiger partial charge < -0.3 is 9.32 Å². The van der Waals surface area contributed by atoms with Crippen LogP contribution in [0.15, 0.2) is 27.4 Å². The Morgan fingerprint density at radius 2 is 1.83 bits per heavy atom. The summed E-state index contributed by atoms with van der Waals surface area (Å²) in [6.45, 7) is 6.70. The quantitative estimate of drug-likeness (QED) is 0.635. The number of benzene rings is 1. The standard InChI is InChI=1S/C16H16F3NO3/c1-4-20(5-2)10-6-7-11-9(3)13(14(21)16(17,18)19)15(22)23-12(11)8-10/h6-8H,4-5H2,1-3H3. The van der Waals surface area contributed by atoms with Crippen LogP contribution in [0.25, 0.3) is 11.0 Å². The van der Waals surface area contributed by atoms with Crippen molar-refractivity contribution in [1.82, 2.24) is 0 Å². The lowest BCUT2D eigenvalue weighted by molar-refractivity contribution is -0.0887. The number of hydrogen-bond donors (Lipinski definition) is 0. The van der Waals surface area contributed by atoms with Gasteiger partial charge in [-0.1, -0.05) is 0 Å². The Morgan fingerprint density at radius 3 is 2.35 bits per heavy atom. The molecular formula is C16H16F3NO3. The number of hydrogen-bond acceptors (Lipinski definition) is 4. The number of carbonyl (C=O) groups excluding carboxylic acids is 1. The van der Waals surface area contributed by atoms with E-state index in [2.05, 4.69) is 0 Å². The Balaban J connectivity index is 2.68. The molecule has 23 heavy (non-hydrogen) atoms. The van der Waals surface area contributed by atoms with Gasteiger partial charge in [0.15, 0.2) is 0 Å². The minimum absolute atomic E-state index is 0.0235. The van der Waals surface area contributed by atoms with Crippen molar-refractivity contribution >= 4 is 22.4 Å². The fraction of sp³-hybridized carbons (Fsp3) is 0.375. The number of rotatable bonds is 4. The summed E-state index contributed by atoms with van der Waals surface area (Å²) in [6, 6.07) is 4.89. The second-order valence-corrected chi connectivity index (χ2v) is 5.07. The zero-order chi connectivity index (χ0) is 17.4. The Labute approximate surface area is 130 Å². The first kappa shape index (κ1) is 17.1. The average molecular weight is 327 g/mol. The molecule has 0 aliphatic heterocycles. The number of anilines is 1. The maximum Gasteiger partial charge on any atom is 0.455 e. The highest BCUT2D eigenvalue weighted by Crippen LogP contribution is 2.28. The van der Waals surface area contributed by atoms with E-state index >= 15 is 0 Å². The smallest absolute Gasteiger partial charge is 0.422 e. The summed E-state index contributed by atoms with van der Waals surface area (Å²) in [7, 11) is 0. The van der Waals surface area contributed by atoms with Crippen LogP contribution < -0.4 is 10.5 Å². The van der Waals surface area contributed by atoms with Gasteiger partial charge in [-0.2, -0.15) is 13.2 Å². The predicted molar refractivity (Wildman–Crippen MR) is 81.2 cm³/mol. The van der Waals surface area contributed by atoms with Crippen molar-refractivity contribution in [2.24, 2.45) is 0 Å². The van der Waals surface area contributed by atoms with Gasteiger partial charge in [-0.3, -0.25) is 4.79 Å². The molecule has 0 amide bonds. The first-order valence-corrected chi connectivity index (χ1v) is 7.14.